The van der Waals surface area contributed by atoms with Crippen molar-refractivity contribution in [3.8, 4) is 0 Å². The summed E-state index contributed by atoms with van der Waals surface area (Å²) in [7, 11) is 0. The van der Waals surface area contributed by atoms with E-state index < -0.39 is 0 Å². The van der Waals surface area contributed by atoms with Gasteiger partial charge in [-0.15, -0.1) is 0 Å². The third-order valence-corrected chi connectivity index (χ3v) is 3.70. The lowest BCUT2D eigenvalue weighted by atomic mass is 10.0. The summed E-state index contributed by atoms with van der Waals surface area (Å²) in [5, 5.41) is 4.27. The van der Waals surface area contributed by atoms with Gasteiger partial charge in [0.1, 0.15) is 0 Å². The fraction of sp³-hybridized carbons (Fsp3) is 0.636. The Labute approximate surface area is 94.6 Å². The SMILES string of the molecule is CC1CCC(C(Cc2ccsc2)NN)O1. The molecule has 0 bridgehead atoms. The molecule has 3 N–H and O–H groups in total. The smallest absolute Gasteiger partial charge is 0.0749 e. The molecule has 1 aromatic rings. The second-order valence-electron chi connectivity index (χ2n) is 4.17. The molecule has 3 atom stereocenters. The lowest BCUT2D eigenvalue weighted by Crippen LogP contribution is -2.45. The highest BCUT2D eigenvalue weighted by Gasteiger charge is 2.28. The summed E-state index contributed by atoms with van der Waals surface area (Å²) in [5.41, 5.74) is 4.22. The predicted octanol–water partition coefficient (Wildman–Crippen LogP) is 1.69. The Morgan fingerprint density at radius 2 is 2.53 bits per heavy atom. The van der Waals surface area contributed by atoms with Crippen LogP contribution in [0.4, 0.5) is 0 Å². The van der Waals surface area contributed by atoms with E-state index in [1.165, 1.54) is 5.56 Å². The van der Waals surface area contributed by atoms with E-state index in [0.717, 1.165) is 19.3 Å². The van der Waals surface area contributed by atoms with Crippen LogP contribution in [0.15, 0.2) is 16.8 Å². The molecular weight excluding hydrogens is 208 g/mol. The van der Waals surface area contributed by atoms with Gasteiger partial charge in [-0.1, -0.05) is 0 Å². The van der Waals surface area contributed by atoms with Crippen molar-refractivity contribution in [1.82, 2.24) is 5.43 Å². The molecule has 2 rings (SSSR count). The van der Waals surface area contributed by atoms with E-state index in [0.29, 0.717) is 6.10 Å². The van der Waals surface area contributed by atoms with Crippen molar-refractivity contribution in [3.05, 3.63) is 22.4 Å². The first kappa shape index (κ1) is 11.1. The van der Waals surface area contributed by atoms with Crippen molar-refractivity contribution in [2.45, 2.75) is 44.4 Å². The summed E-state index contributed by atoms with van der Waals surface area (Å²) in [5.74, 6) is 5.59. The van der Waals surface area contributed by atoms with Crippen molar-refractivity contribution >= 4 is 11.3 Å². The summed E-state index contributed by atoms with van der Waals surface area (Å²) in [4.78, 5) is 0. The van der Waals surface area contributed by atoms with Crippen LogP contribution in [-0.4, -0.2) is 18.2 Å². The summed E-state index contributed by atoms with van der Waals surface area (Å²) < 4.78 is 5.82. The third-order valence-electron chi connectivity index (χ3n) is 2.96. The van der Waals surface area contributed by atoms with Crippen LogP contribution < -0.4 is 11.3 Å². The van der Waals surface area contributed by atoms with Gasteiger partial charge in [0.25, 0.3) is 0 Å². The van der Waals surface area contributed by atoms with Crippen LogP contribution in [0.5, 0.6) is 0 Å². The van der Waals surface area contributed by atoms with Crippen LogP contribution in [0.25, 0.3) is 0 Å². The Bertz CT molecular complexity index is 289. The Hall–Kier alpha value is -0.420. The van der Waals surface area contributed by atoms with E-state index in [2.05, 4.69) is 29.2 Å². The second kappa shape index (κ2) is 5.07. The monoisotopic (exact) mass is 226 g/mol. The number of ether oxygens (including phenoxy) is 1. The quantitative estimate of drug-likeness (QED) is 0.606. The van der Waals surface area contributed by atoms with Gasteiger partial charge in [0.2, 0.25) is 0 Å². The maximum atomic E-state index is 5.82. The molecule has 0 aromatic carbocycles. The Morgan fingerprint density at radius 3 is 3.07 bits per heavy atom. The van der Waals surface area contributed by atoms with Gasteiger partial charge in [-0.3, -0.25) is 11.3 Å². The number of hydrazine groups is 1. The van der Waals surface area contributed by atoms with E-state index in [4.69, 9.17) is 10.6 Å². The number of thiophene rings is 1. The molecule has 15 heavy (non-hydrogen) atoms. The average Bonchev–Trinajstić information content (AvgIpc) is 2.85. The van der Waals surface area contributed by atoms with E-state index in [-0.39, 0.29) is 12.1 Å². The van der Waals surface area contributed by atoms with E-state index in [1.807, 2.05) is 0 Å². The second-order valence-corrected chi connectivity index (χ2v) is 4.95. The molecule has 1 aromatic heterocycles. The van der Waals surface area contributed by atoms with E-state index >= 15 is 0 Å². The molecule has 0 spiro atoms. The number of nitrogens with one attached hydrogen (secondary N) is 1. The highest BCUT2D eigenvalue weighted by molar-refractivity contribution is 7.07. The zero-order chi connectivity index (χ0) is 10.7. The molecule has 0 aliphatic carbocycles. The largest absolute Gasteiger partial charge is 0.374 e. The number of nitrogens with two attached hydrogens (primary N) is 1. The fourth-order valence-electron chi connectivity index (χ4n) is 2.09. The lowest BCUT2D eigenvalue weighted by molar-refractivity contribution is 0.0321. The summed E-state index contributed by atoms with van der Waals surface area (Å²) in [6.07, 6.45) is 3.86. The van der Waals surface area contributed by atoms with Gasteiger partial charge < -0.3 is 4.74 Å². The van der Waals surface area contributed by atoms with Crippen molar-refractivity contribution in [2.24, 2.45) is 5.84 Å². The van der Waals surface area contributed by atoms with E-state index in [1.54, 1.807) is 11.3 Å². The summed E-state index contributed by atoms with van der Waals surface area (Å²) in [6.45, 7) is 2.12. The van der Waals surface area contributed by atoms with Crippen molar-refractivity contribution in [2.75, 3.05) is 0 Å². The summed E-state index contributed by atoms with van der Waals surface area (Å²) >= 11 is 1.73. The zero-order valence-corrected chi connectivity index (χ0v) is 9.80. The minimum Gasteiger partial charge on any atom is -0.374 e. The minimum atomic E-state index is 0.240. The highest BCUT2D eigenvalue weighted by Crippen LogP contribution is 2.23. The molecule has 1 saturated heterocycles. The van der Waals surface area contributed by atoms with E-state index in [9.17, 15) is 0 Å². The first-order chi connectivity index (χ1) is 7.29. The molecule has 3 nitrogen and oxygen atoms in total. The normalized spacial score (nSPS) is 28.1. The minimum absolute atomic E-state index is 0.240. The molecule has 2 heterocycles. The molecule has 4 heteroatoms. The van der Waals surface area contributed by atoms with Crippen LogP contribution >= 0.6 is 11.3 Å². The van der Waals surface area contributed by atoms with Gasteiger partial charge in [0.15, 0.2) is 0 Å². The van der Waals surface area contributed by atoms with Crippen molar-refractivity contribution < 1.29 is 4.74 Å². The first-order valence-corrected chi connectivity index (χ1v) is 6.36. The van der Waals surface area contributed by atoms with Crippen molar-refractivity contribution in [3.63, 3.8) is 0 Å². The predicted molar refractivity (Wildman–Crippen MR) is 62.7 cm³/mol. The van der Waals surface area contributed by atoms with Gasteiger partial charge in [-0.25, -0.2) is 0 Å². The average molecular weight is 226 g/mol. The third kappa shape index (κ3) is 2.78. The number of hydrogen-bond donors (Lipinski definition) is 2. The van der Waals surface area contributed by atoms with Crippen LogP contribution in [0.1, 0.15) is 25.3 Å². The molecule has 1 fully saturated rings. The highest BCUT2D eigenvalue weighted by atomic mass is 32.1. The van der Waals surface area contributed by atoms with Gasteiger partial charge in [-0.05, 0) is 48.6 Å². The van der Waals surface area contributed by atoms with Gasteiger partial charge in [0.05, 0.1) is 18.2 Å². The maximum Gasteiger partial charge on any atom is 0.0749 e. The Kier molecular flexibility index (Phi) is 3.75. The lowest BCUT2D eigenvalue weighted by Gasteiger charge is -2.22. The van der Waals surface area contributed by atoms with Gasteiger partial charge >= 0.3 is 0 Å². The standard InChI is InChI=1S/C11H18N2OS/c1-8-2-3-11(14-8)10(13-12)6-9-4-5-15-7-9/h4-5,7-8,10-11,13H,2-3,6,12H2,1H3. The van der Waals surface area contributed by atoms with Crippen LogP contribution in [0.3, 0.4) is 0 Å². The molecule has 1 aliphatic rings. The van der Waals surface area contributed by atoms with Crippen LogP contribution in [-0.2, 0) is 11.2 Å². The maximum absolute atomic E-state index is 5.82. The zero-order valence-electron chi connectivity index (χ0n) is 8.98. The van der Waals surface area contributed by atoms with Gasteiger partial charge in [0, 0.05) is 0 Å². The number of hydrogen-bond acceptors (Lipinski definition) is 4. The summed E-state index contributed by atoms with van der Waals surface area (Å²) in [6, 6.07) is 2.39. The molecule has 3 unspecified atom stereocenters. The topological polar surface area (TPSA) is 47.3 Å². The molecule has 0 amide bonds. The number of rotatable bonds is 4. The first-order valence-electron chi connectivity index (χ1n) is 5.42. The fourth-order valence-corrected chi connectivity index (χ4v) is 2.77. The molecule has 0 saturated carbocycles. The molecule has 84 valence electrons. The van der Waals surface area contributed by atoms with Crippen molar-refractivity contribution in [1.29, 1.82) is 0 Å². The van der Waals surface area contributed by atoms with Crippen LogP contribution in [0, 0.1) is 0 Å². The molecular formula is C11H18N2OS. The molecule has 1 aliphatic heterocycles. The Morgan fingerprint density at radius 1 is 1.67 bits per heavy atom. The van der Waals surface area contributed by atoms with Gasteiger partial charge in [-0.2, -0.15) is 11.3 Å². The molecule has 0 radical (unpaired) electrons. The Balaban J connectivity index is 1.92. The van der Waals surface area contributed by atoms with Crippen LogP contribution in [0.2, 0.25) is 0 Å².